The standard InChI is InChI=1S/C13H18N4O/c1-2-11(18-9-1)3-4-12-15-13(17-16-12)10-5-7-14-8-6-10/h1-2,9-10,14H,3-8H2,(H,15,16,17). The molecule has 0 bridgehead atoms. The summed E-state index contributed by atoms with van der Waals surface area (Å²) in [5.74, 6) is 3.44. The minimum atomic E-state index is 0.514. The van der Waals surface area contributed by atoms with Gasteiger partial charge in [-0.15, -0.1) is 0 Å². The minimum absolute atomic E-state index is 0.514. The monoisotopic (exact) mass is 246 g/mol. The van der Waals surface area contributed by atoms with E-state index in [0.29, 0.717) is 5.92 Å². The van der Waals surface area contributed by atoms with Gasteiger partial charge < -0.3 is 9.73 Å². The highest BCUT2D eigenvalue weighted by atomic mass is 16.3. The van der Waals surface area contributed by atoms with Crippen LogP contribution < -0.4 is 5.32 Å². The number of rotatable bonds is 4. The quantitative estimate of drug-likeness (QED) is 0.860. The molecule has 0 radical (unpaired) electrons. The summed E-state index contributed by atoms with van der Waals surface area (Å²) in [6.07, 6.45) is 5.69. The number of nitrogens with zero attached hydrogens (tertiary/aromatic N) is 2. The molecule has 1 fully saturated rings. The zero-order valence-electron chi connectivity index (χ0n) is 10.4. The molecule has 1 saturated heterocycles. The van der Waals surface area contributed by atoms with Gasteiger partial charge in [0.15, 0.2) is 5.82 Å². The number of nitrogens with one attached hydrogen (secondary N) is 2. The van der Waals surface area contributed by atoms with Crippen LogP contribution in [0.4, 0.5) is 0 Å². The number of H-pyrrole nitrogens is 1. The van der Waals surface area contributed by atoms with Gasteiger partial charge in [0.25, 0.3) is 0 Å². The lowest BCUT2D eigenvalue weighted by atomic mass is 9.98. The molecule has 0 aromatic carbocycles. The third kappa shape index (κ3) is 2.61. The SMILES string of the molecule is c1coc(CCc2nc(C3CCNCC3)n[nH]2)c1. The fourth-order valence-electron chi connectivity index (χ4n) is 2.38. The largest absolute Gasteiger partial charge is 0.469 e. The van der Waals surface area contributed by atoms with Crippen LogP contribution in [0.2, 0.25) is 0 Å². The Hall–Kier alpha value is -1.62. The van der Waals surface area contributed by atoms with Gasteiger partial charge in [-0.1, -0.05) is 0 Å². The molecule has 0 saturated carbocycles. The second-order valence-corrected chi connectivity index (χ2v) is 4.74. The van der Waals surface area contributed by atoms with Crippen molar-refractivity contribution in [2.45, 2.75) is 31.6 Å². The molecule has 3 rings (SSSR count). The predicted octanol–water partition coefficient (Wildman–Crippen LogP) is 1.65. The molecule has 18 heavy (non-hydrogen) atoms. The molecule has 2 aromatic heterocycles. The third-order valence-corrected chi connectivity index (χ3v) is 3.44. The molecule has 2 N–H and O–H groups in total. The van der Waals surface area contributed by atoms with E-state index in [1.165, 1.54) is 0 Å². The van der Waals surface area contributed by atoms with Crippen LogP contribution in [-0.2, 0) is 12.8 Å². The van der Waals surface area contributed by atoms with Gasteiger partial charge in [-0.3, -0.25) is 5.10 Å². The molecule has 1 aliphatic rings. The van der Waals surface area contributed by atoms with Crippen molar-refractivity contribution in [1.82, 2.24) is 20.5 Å². The molecule has 0 amide bonds. The van der Waals surface area contributed by atoms with Gasteiger partial charge in [0.05, 0.1) is 6.26 Å². The van der Waals surface area contributed by atoms with E-state index in [1.807, 2.05) is 12.1 Å². The lowest BCUT2D eigenvalue weighted by Gasteiger charge is -2.19. The van der Waals surface area contributed by atoms with E-state index in [2.05, 4.69) is 20.5 Å². The van der Waals surface area contributed by atoms with E-state index in [0.717, 1.165) is 56.2 Å². The Morgan fingerprint density at radius 2 is 2.17 bits per heavy atom. The molecule has 0 aliphatic carbocycles. The topological polar surface area (TPSA) is 66.7 Å². The maximum atomic E-state index is 5.31. The number of piperidine rings is 1. The Morgan fingerprint density at radius 1 is 1.28 bits per heavy atom. The van der Waals surface area contributed by atoms with Gasteiger partial charge in [0.2, 0.25) is 0 Å². The zero-order valence-corrected chi connectivity index (χ0v) is 10.4. The van der Waals surface area contributed by atoms with Crippen molar-refractivity contribution in [2.24, 2.45) is 0 Å². The lowest BCUT2D eigenvalue weighted by Crippen LogP contribution is -2.27. The number of hydrogen-bond donors (Lipinski definition) is 2. The van der Waals surface area contributed by atoms with Crippen LogP contribution in [-0.4, -0.2) is 28.3 Å². The smallest absolute Gasteiger partial charge is 0.153 e. The molecular formula is C13H18N4O. The normalized spacial score (nSPS) is 17.1. The van der Waals surface area contributed by atoms with Gasteiger partial charge in [0, 0.05) is 18.8 Å². The van der Waals surface area contributed by atoms with Crippen LogP contribution in [0.5, 0.6) is 0 Å². The molecule has 1 aliphatic heterocycles. The summed E-state index contributed by atoms with van der Waals surface area (Å²) < 4.78 is 5.31. The average Bonchev–Trinajstić information content (AvgIpc) is 3.09. The Balaban J connectivity index is 1.59. The first-order valence-corrected chi connectivity index (χ1v) is 6.56. The molecular weight excluding hydrogens is 228 g/mol. The van der Waals surface area contributed by atoms with Crippen molar-refractivity contribution < 1.29 is 4.42 Å². The lowest BCUT2D eigenvalue weighted by molar-refractivity contribution is 0.445. The number of hydrogen-bond acceptors (Lipinski definition) is 4. The van der Waals surface area contributed by atoms with Gasteiger partial charge in [-0.25, -0.2) is 4.98 Å². The molecule has 0 spiro atoms. The highest BCUT2D eigenvalue weighted by Crippen LogP contribution is 2.21. The molecule has 5 nitrogen and oxygen atoms in total. The van der Waals surface area contributed by atoms with Gasteiger partial charge in [-0.05, 0) is 38.1 Å². The molecule has 0 atom stereocenters. The van der Waals surface area contributed by atoms with E-state index >= 15 is 0 Å². The summed E-state index contributed by atoms with van der Waals surface area (Å²) in [4.78, 5) is 4.60. The Labute approximate surface area is 106 Å². The van der Waals surface area contributed by atoms with E-state index < -0.39 is 0 Å². The van der Waals surface area contributed by atoms with Crippen molar-refractivity contribution in [3.05, 3.63) is 35.8 Å². The van der Waals surface area contributed by atoms with Crippen molar-refractivity contribution in [1.29, 1.82) is 0 Å². The Bertz CT molecular complexity index is 471. The highest BCUT2D eigenvalue weighted by Gasteiger charge is 2.19. The third-order valence-electron chi connectivity index (χ3n) is 3.44. The maximum absolute atomic E-state index is 5.31. The molecule has 3 heterocycles. The second-order valence-electron chi connectivity index (χ2n) is 4.74. The van der Waals surface area contributed by atoms with Crippen molar-refractivity contribution in [3.63, 3.8) is 0 Å². The van der Waals surface area contributed by atoms with E-state index in [4.69, 9.17) is 4.42 Å². The summed E-state index contributed by atoms with van der Waals surface area (Å²) in [6.45, 7) is 2.14. The van der Waals surface area contributed by atoms with Crippen LogP contribution in [0.3, 0.4) is 0 Å². The fraction of sp³-hybridized carbons (Fsp3) is 0.538. The van der Waals surface area contributed by atoms with Crippen LogP contribution in [0.15, 0.2) is 22.8 Å². The first-order valence-electron chi connectivity index (χ1n) is 6.56. The number of aryl methyl sites for hydroxylation is 2. The van der Waals surface area contributed by atoms with Crippen molar-refractivity contribution >= 4 is 0 Å². The van der Waals surface area contributed by atoms with Crippen molar-refractivity contribution in [2.75, 3.05) is 13.1 Å². The number of aromatic nitrogens is 3. The van der Waals surface area contributed by atoms with Gasteiger partial charge in [-0.2, -0.15) is 5.10 Å². The zero-order chi connectivity index (χ0) is 12.2. The summed E-state index contributed by atoms with van der Waals surface area (Å²) in [5.41, 5.74) is 0. The second kappa shape index (κ2) is 5.35. The molecule has 5 heteroatoms. The summed E-state index contributed by atoms with van der Waals surface area (Å²) in [7, 11) is 0. The summed E-state index contributed by atoms with van der Waals surface area (Å²) in [6, 6.07) is 3.90. The molecule has 0 unspecified atom stereocenters. The predicted molar refractivity (Wildman–Crippen MR) is 67.3 cm³/mol. The van der Waals surface area contributed by atoms with Gasteiger partial charge in [0.1, 0.15) is 11.6 Å². The summed E-state index contributed by atoms with van der Waals surface area (Å²) >= 11 is 0. The van der Waals surface area contributed by atoms with Crippen molar-refractivity contribution in [3.8, 4) is 0 Å². The average molecular weight is 246 g/mol. The van der Waals surface area contributed by atoms with E-state index in [1.54, 1.807) is 6.26 Å². The van der Waals surface area contributed by atoms with Crippen LogP contribution in [0.1, 0.15) is 36.2 Å². The van der Waals surface area contributed by atoms with Crippen LogP contribution in [0, 0.1) is 0 Å². The number of furan rings is 1. The Kier molecular flexibility index (Phi) is 3.41. The van der Waals surface area contributed by atoms with E-state index in [-0.39, 0.29) is 0 Å². The maximum Gasteiger partial charge on any atom is 0.153 e. The Morgan fingerprint density at radius 3 is 2.94 bits per heavy atom. The minimum Gasteiger partial charge on any atom is -0.469 e. The molecule has 2 aromatic rings. The number of aromatic amines is 1. The summed E-state index contributed by atoms with van der Waals surface area (Å²) in [5, 5.41) is 10.7. The van der Waals surface area contributed by atoms with E-state index in [9.17, 15) is 0 Å². The van der Waals surface area contributed by atoms with Gasteiger partial charge >= 0.3 is 0 Å². The van der Waals surface area contributed by atoms with Crippen LogP contribution >= 0.6 is 0 Å². The highest BCUT2D eigenvalue weighted by molar-refractivity contribution is 5.03. The fourth-order valence-corrected chi connectivity index (χ4v) is 2.38. The first kappa shape index (κ1) is 11.5. The first-order chi connectivity index (χ1) is 8.92. The molecule has 96 valence electrons. The van der Waals surface area contributed by atoms with Crippen LogP contribution in [0.25, 0.3) is 0 Å².